The summed E-state index contributed by atoms with van der Waals surface area (Å²) in [6.45, 7) is 0. The molecule has 2 nitrogen and oxygen atoms in total. The van der Waals surface area contributed by atoms with Crippen molar-refractivity contribution in [3.8, 4) is 0 Å². The second kappa shape index (κ2) is 5.05. The highest BCUT2D eigenvalue weighted by atomic mass is 32.1. The monoisotopic (exact) mass is 219 g/mol. The predicted molar refractivity (Wildman–Crippen MR) is 62.0 cm³/mol. The largest absolute Gasteiger partial charge is 0.392 e. The van der Waals surface area contributed by atoms with Crippen molar-refractivity contribution in [1.29, 1.82) is 0 Å². The first-order chi connectivity index (χ1) is 7.34. The van der Waals surface area contributed by atoms with Crippen LogP contribution in [-0.4, -0.2) is 16.2 Å². The predicted octanol–water partition coefficient (Wildman–Crippen LogP) is 2.29. The second-order valence-corrected chi connectivity index (χ2v) is 4.53. The third kappa shape index (κ3) is 3.15. The summed E-state index contributed by atoms with van der Waals surface area (Å²) in [5.41, 5.74) is 1.13. The van der Waals surface area contributed by atoms with E-state index < -0.39 is 0 Å². The Morgan fingerprint density at radius 3 is 2.67 bits per heavy atom. The minimum Gasteiger partial charge on any atom is -0.392 e. The molecule has 0 spiro atoms. The van der Waals surface area contributed by atoms with Crippen molar-refractivity contribution in [3.05, 3.63) is 52.5 Å². The van der Waals surface area contributed by atoms with Crippen molar-refractivity contribution in [2.75, 3.05) is 0 Å². The second-order valence-electron chi connectivity index (χ2n) is 3.50. The third-order valence-corrected chi connectivity index (χ3v) is 3.14. The van der Waals surface area contributed by atoms with Gasteiger partial charge in [-0.25, -0.2) is 0 Å². The summed E-state index contributed by atoms with van der Waals surface area (Å²) in [6.07, 6.45) is 4.65. The number of nitrogens with zero attached hydrogens (tertiary/aromatic N) is 1. The number of aliphatic hydroxyl groups is 1. The van der Waals surface area contributed by atoms with Crippen molar-refractivity contribution in [2.45, 2.75) is 18.9 Å². The smallest absolute Gasteiger partial charge is 0.0628 e. The van der Waals surface area contributed by atoms with Crippen LogP contribution >= 0.6 is 11.3 Å². The van der Waals surface area contributed by atoms with Gasteiger partial charge in [0.25, 0.3) is 0 Å². The molecule has 0 radical (unpaired) electrons. The van der Waals surface area contributed by atoms with Gasteiger partial charge in [-0.3, -0.25) is 4.98 Å². The van der Waals surface area contributed by atoms with E-state index in [0.29, 0.717) is 6.42 Å². The summed E-state index contributed by atoms with van der Waals surface area (Å²) in [5, 5.41) is 11.9. The quantitative estimate of drug-likeness (QED) is 0.856. The standard InChI is InChI=1S/C12H13NOS/c14-11(9-12-2-1-7-15-12)8-10-3-5-13-6-4-10/h1-7,11,14H,8-9H2. The van der Waals surface area contributed by atoms with Crippen LogP contribution in [0.25, 0.3) is 0 Å². The lowest BCUT2D eigenvalue weighted by Gasteiger charge is -2.08. The van der Waals surface area contributed by atoms with Crippen LogP contribution in [0.15, 0.2) is 42.0 Å². The Morgan fingerprint density at radius 2 is 2.00 bits per heavy atom. The van der Waals surface area contributed by atoms with Crippen LogP contribution < -0.4 is 0 Å². The van der Waals surface area contributed by atoms with E-state index in [1.807, 2.05) is 23.6 Å². The number of pyridine rings is 1. The average molecular weight is 219 g/mol. The molecule has 0 amide bonds. The Kier molecular flexibility index (Phi) is 3.48. The molecule has 0 saturated heterocycles. The summed E-state index contributed by atoms with van der Waals surface area (Å²) in [5.74, 6) is 0. The molecule has 78 valence electrons. The van der Waals surface area contributed by atoms with Crippen LogP contribution in [0.4, 0.5) is 0 Å². The molecule has 1 unspecified atom stereocenters. The molecule has 0 fully saturated rings. The van der Waals surface area contributed by atoms with Gasteiger partial charge in [0.15, 0.2) is 0 Å². The van der Waals surface area contributed by atoms with Gasteiger partial charge in [-0.1, -0.05) is 6.07 Å². The van der Waals surface area contributed by atoms with E-state index in [-0.39, 0.29) is 6.10 Å². The van der Waals surface area contributed by atoms with Gasteiger partial charge in [0, 0.05) is 23.7 Å². The van der Waals surface area contributed by atoms with Crippen molar-refractivity contribution >= 4 is 11.3 Å². The van der Waals surface area contributed by atoms with Crippen LogP contribution in [0.2, 0.25) is 0 Å². The Morgan fingerprint density at radius 1 is 1.20 bits per heavy atom. The van der Waals surface area contributed by atoms with Gasteiger partial charge in [-0.15, -0.1) is 11.3 Å². The highest BCUT2D eigenvalue weighted by Crippen LogP contribution is 2.13. The van der Waals surface area contributed by atoms with E-state index in [2.05, 4.69) is 11.1 Å². The van der Waals surface area contributed by atoms with Gasteiger partial charge >= 0.3 is 0 Å². The molecule has 1 atom stereocenters. The van der Waals surface area contributed by atoms with E-state index in [4.69, 9.17) is 0 Å². The lowest BCUT2D eigenvalue weighted by molar-refractivity contribution is 0.176. The maximum absolute atomic E-state index is 9.86. The molecular weight excluding hydrogens is 206 g/mol. The van der Waals surface area contributed by atoms with Crippen LogP contribution in [0.5, 0.6) is 0 Å². The summed E-state index contributed by atoms with van der Waals surface area (Å²) in [7, 11) is 0. The molecule has 2 aromatic heterocycles. The van der Waals surface area contributed by atoms with Gasteiger partial charge < -0.3 is 5.11 Å². The lowest BCUT2D eigenvalue weighted by atomic mass is 10.1. The molecule has 0 aromatic carbocycles. The first-order valence-corrected chi connectivity index (χ1v) is 5.82. The van der Waals surface area contributed by atoms with Crippen molar-refractivity contribution in [1.82, 2.24) is 4.98 Å². The maximum Gasteiger partial charge on any atom is 0.0628 e. The maximum atomic E-state index is 9.86. The number of aromatic nitrogens is 1. The molecule has 0 saturated carbocycles. The molecule has 0 aliphatic heterocycles. The van der Waals surface area contributed by atoms with Crippen molar-refractivity contribution in [3.63, 3.8) is 0 Å². The number of hydrogen-bond donors (Lipinski definition) is 1. The van der Waals surface area contributed by atoms with Crippen molar-refractivity contribution in [2.24, 2.45) is 0 Å². The molecule has 0 bridgehead atoms. The summed E-state index contributed by atoms with van der Waals surface area (Å²) in [6, 6.07) is 7.95. The molecule has 2 heterocycles. The van der Waals surface area contributed by atoms with Gasteiger partial charge in [-0.05, 0) is 35.6 Å². The van der Waals surface area contributed by atoms with E-state index >= 15 is 0 Å². The normalized spacial score (nSPS) is 12.6. The third-order valence-electron chi connectivity index (χ3n) is 2.24. The Bertz CT molecular complexity index is 385. The summed E-state index contributed by atoms with van der Waals surface area (Å²) < 4.78 is 0. The average Bonchev–Trinajstić information content (AvgIpc) is 2.71. The fourth-order valence-corrected chi connectivity index (χ4v) is 2.30. The topological polar surface area (TPSA) is 33.1 Å². The Labute approximate surface area is 93.2 Å². The van der Waals surface area contributed by atoms with Gasteiger partial charge in [0.05, 0.1) is 6.10 Å². The van der Waals surface area contributed by atoms with Crippen molar-refractivity contribution < 1.29 is 5.11 Å². The van der Waals surface area contributed by atoms with Crippen LogP contribution in [0.3, 0.4) is 0 Å². The van der Waals surface area contributed by atoms with Gasteiger partial charge in [0.2, 0.25) is 0 Å². The number of aliphatic hydroxyl groups excluding tert-OH is 1. The first-order valence-electron chi connectivity index (χ1n) is 4.94. The molecule has 0 aliphatic carbocycles. The van der Waals surface area contributed by atoms with Gasteiger partial charge in [-0.2, -0.15) is 0 Å². The fraction of sp³-hybridized carbons (Fsp3) is 0.250. The Hall–Kier alpha value is -1.19. The minimum absolute atomic E-state index is 0.300. The van der Waals surface area contributed by atoms with E-state index in [1.54, 1.807) is 23.7 Å². The zero-order chi connectivity index (χ0) is 10.5. The van der Waals surface area contributed by atoms with E-state index in [0.717, 1.165) is 12.0 Å². The minimum atomic E-state index is -0.300. The molecule has 15 heavy (non-hydrogen) atoms. The highest BCUT2D eigenvalue weighted by Gasteiger charge is 2.07. The molecule has 0 aliphatic rings. The van der Waals surface area contributed by atoms with Crippen LogP contribution in [-0.2, 0) is 12.8 Å². The van der Waals surface area contributed by atoms with Crippen LogP contribution in [0, 0.1) is 0 Å². The molecule has 2 rings (SSSR count). The fourth-order valence-electron chi connectivity index (χ4n) is 1.52. The number of thiophene rings is 1. The summed E-state index contributed by atoms with van der Waals surface area (Å²) >= 11 is 1.69. The zero-order valence-electron chi connectivity index (χ0n) is 8.34. The van der Waals surface area contributed by atoms with Gasteiger partial charge in [0.1, 0.15) is 0 Å². The molecular formula is C12H13NOS. The van der Waals surface area contributed by atoms with E-state index in [1.165, 1.54) is 4.88 Å². The zero-order valence-corrected chi connectivity index (χ0v) is 9.15. The molecule has 1 N–H and O–H groups in total. The van der Waals surface area contributed by atoms with Crippen LogP contribution in [0.1, 0.15) is 10.4 Å². The highest BCUT2D eigenvalue weighted by molar-refractivity contribution is 7.09. The van der Waals surface area contributed by atoms with E-state index in [9.17, 15) is 5.11 Å². The summed E-state index contributed by atoms with van der Waals surface area (Å²) in [4.78, 5) is 5.18. The molecule has 3 heteroatoms. The first kappa shape index (κ1) is 10.3. The molecule has 2 aromatic rings. The number of rotatable bonds is 4. The SMILES string of the molecule is OC(Cc1ccncc1)Cc1cccs1. The Balaban J connectivity index is 1.90. The lowest BCUT2D eigenvalue weighted by Crippen LogP contribution is -2.13. The number of hydrogen-bond acceptors (Lipinski definition) is 3.